The monoisotopic (exact) mass is 315 g/mol. The normalized spacial score (nSPS) is 11.5. The lowest BCUT2D eigenvalue weighted by atomic mass is 9.97. The molecule has 0 nitrogen and oxygen atoms in total. The van der Waals surface area contributed by atoms with Crippen molar-refractivity contribution in [1.82, 2.24) is 0 Å². The number of rotatable bonds is 0. The van der Waals surface area contributed by atoms with Gasteiger partial charge in [0.25, 0.3) is 0 Å². The third kappa shape index (κ3) is 3.45. The van der Waals surface area contributed by atoms with Gasteiger partial charge >= 0.3 is 7.25 Å². The molecule has 0 fully saturated rings. The lowest BCUT2D eigenvalue weighted by molar-refractivity contribution is 0.368. The zero-order chi connectivity index (χ0) is 16.4. The molecule has 0 amide bonds. The SMILES string of the molecule is F[B-](F)(F)F.c1ccc2c(c1)ccc1c3ccccc3ccc21. The fourth-order valence-corrected chi connectivity index (χ4v) is 2.77. The van der Waals surface area contributed by atoms with Crippen LogP contribution in [0.25, 0.3) is 32.3 Å². The van der Waals surface area contributed by atoms with Crippen LogP contribution < -0.4 is 0 Å². The smallest absolute Gasteiger partial charge is 0.418 e. The first-order chi connectivity index (χ1) is 10.9. The zero-order valence-electron chi connectivity index (χ0n) is 12.0. The molecular weight excluding hydrogens is 303 g/mol. The number of hydrogen-bond donors (Lipinski definition) is 0. The van der Waals surface area contributed by atoms with E-state index < -0.39 is 7.25 Å². The molecular formula is C18H12BF4-. The molecule has 0 heterocycles. The minimum atomic E-state index is -6.00. The van der Waals surface area contributed by atoms with E-state index in [1.165, 1.54) is 32.3 Å². The number of hydrogen-bond acceptors (Lipinski definition) is 0. The molecule has 0 aliphatic carbocycles. The number of benzene rings is 4. The Morgan fingerprint density at radius 1 is 0.435 bits per heavy atom. The molecule has 0 aromatic heterocycles. The summed E-state index contributed by atoms with van der Waals surface area (Å²) in [4.78, 5) is 0. The summed E-state index contributed by atoms with van der Waals surface area (Å²) >= 11 is 0. The van der Waals surface area contributed by atoms with Gasteiger partial charge in [0, 0.05) is 0 Å². The number of fused-ring (bicyclic) bond motifs is 5. The maximum absolute atomic E-state index is 9.75. The Hall–Kier alpha value is -2.56. The van der Waals surface area contributed by atoms with Gasteiger partial charge < -0.3 is 17.3 Å². The number of halogens is 4. The van der Waals surface area contributed by atoms with Crippen molar-refractivity contribution in [3.8, 4) is 0 Å². The predicted octanol–water partition coefficient (Wildman–Crippen LogP) is 6.45. The molecule has 0 bridgehead atoms. The summed E-state index contributed by atoms with van der Waals surface area (Å²) in [6, 6.07) is 26.0. The lowest BCUT2D eigenvalue weighted by Gasteiger charge is -2.07. The summed E-state index contributed by atoms with van der Waals surface area (Å²) in [7, 11) is -6.00. The fraction of sp³-hybridized carbons (Fsp3) is 0. The Labute approximate surface area is 130 Å². The van der Waals surface area contributed by atoms with Gasteiger partial charge in [-0.3, -0.25) is 0 Å². The Morgan fingerprint density at radius 3 is 1.17 bits per heavy atom. The third-order valence-corrected chi connectivity index (χ3v) is 3.65. The summed E-state index contributed by atoms with van der Waals surface area (Å²) in [6.07, 6.45) is 0. The van der Waals surface area contributed by atoms with Crippen molar-refractivity contribution < 1.29 is 17.3 Å². The van der Waals surface area contributed by atoms with Crippen LogP contribution >= 0.6 is 0 Å². The predicted molar refractivity (Wildman–Crippen MR) is 89.1 cm³/mol. The largest absolute Gasteiger partial charge is 0.673 e. The highest BCUT2D eigenvalue weighted by atomic mass is 19.5. The van der Waals surface area contributed by atoms with Gasteiger partial charge in [-0.2, -0.15) is 0 Å². The van der Waals surface area contributed by atoms with Crippen molar-refractivity contribution in [3.63, 3.8) is 0 Å². The molecule has 4 aromatic rings. The van der Waals surface area contributed by atoms with Gasteiger partial charge in [0.15, 0.2) is 0 Å². The second-order valence-electron chi connectivity index (χ2n) is 5.16. The summed E-state index contributed by atoms with van der Waals surface area (Å²) in [5, 5.41) is 7.96. The maximum Gasteiger partial charge on any atom is 0.673 e. The molecule has 0 spiro atoms. The van der Waals surface area contributed by atoms with Crippen molar-refractivity contribution >= 4 is 39.6 Å². The molecule has 0 radical (unpaired) electrons. The fourth-order valence-electron chi connectivity index (χ4n) is 2.77. The minimum Gasteiger partial charge on any atom is -0.418 e. The molecule has 4 rings (SSSR count). The zero-order valence-corrected chi connectivity index (χ0v) is 12.0. The Bertz CT molecular complexity index is 896. The van der Waals surface area contributed by atoms with Crippen LogP contribution in [0.2, 0.25) is 0 Å². The first-order valence-corrected chi connectivity index (χ1v) is 7.10. The Kier molecular flexibility index (Phi) is 3.95. The van der Waals surface area contributed by atoms with E-state index in [9.17, 15) is 17.3 Å². The van der Waals surface area contributed by atoms with E-state index in [2.05, 4.69) is 72.8 Å². The minimum absolute atomic E-state index is 1.31. The standard InChI is InChI=1S/C18H12.BF4/c1-3-7-15-13(5-1)9-11-18-16-8-4-2-6-14(16)10-12-17(15)18;2-1(3,4)5/h1-12H;/q;-1. The van der Waals surface area contributed by atoms with Crippen LogP contribution in [0.5, 0.6) is 0 Å². The van der Waals surface area contributed by atoms with Crippen LogP contribution in [0.4, 0.5) is 17.3 Å². The van der Waals surface area contributed by atoms with E-state index in [0.717, 1.165) is 0 Å². The van der Waals surface area contributed by atoms with Crippen molar-refractivity contribution in [1.29, 1.82) is 0 Å². The Balaban J connectivity index is 0.000000276. The molecule has 0 N–H and O–H groups in total. The molecule has 4 aromatic carbocycles. The second kappa shape index (κ2) is 5.91. The molecule has 0 saturated heterocycles. The lowest BCUT2D eigenvalue weighted by Crippen LogP contribution is -2.02. The molecule has 0 unspecified atom stereocenters. The topological polar surface area (TPSA) is 0 Å². The van der Waals surface area contributed by atoms with Gasteiger partial charge in [-0.15, -0.1) is 0 Å². The van der Waals surface area contributed by atoms with Gasteiger partial charge in [0.2, 0.25) is 0 Å². The van der Waals surface area contributed by atoms with E-state index in [1.807, 2.05) is 0 Å². The molecule has 5 heteroatoms. The second-order valence-corrected chi connectivity index (χ2v) is 5.16. The Morgan fingerprint density at radius 2 is 0.783 bits per heavy atom. The summed E-state index contributed by atoms with van der Waals surface area (Å²) in [6.45, 7) is 0. The summed E-state index contributed by atoms with van der Waals surface area (Å²) in [5.41, 5.74) is 0. The average Bonchev–Trinajstić information content (AvgIpc) is 2.52. The quantitative estimate of drug-likeness (QED) is 0.199. The molecule has 23 heavy (non-hydrogen) atoms. The van der Waals surface area contributed by atoms with Crippen molar-refractivity contribution in [3.05, 3.63) is 72.8 Å². The van der Waals surface area contributed by atoms with E-state index in [0.29, 0.717) is 0 Å². The van der Waals surface area contributed by atoms with Crippen molar-refractivity contribution in [2.45, 2.75) is 0 Å². The highest BCUT2D eigenvalue weighted by Crippen LogP contribution is 2.30. The summed E-state index contributed by atoms with van der Waals surface area (Å²) in [5.74, 6) is 0. The van der Waals surface area contributed by atoms with E-state index in [4.69, 9.17) is 0 Å². The van der Waals surface area contributed by atoms with Gasteiger partial charge in [-0.05, 0) is 32.3 Å². The van der Waals surface area contributed by atoms with Crippen molar-refractivity contribution in [2.24, 2.45) is 0 Å². The van der Waals surface area contributed by atoms with Gasteiger partial charge in [-0.1, -0.05) is 72.8 Å². The summed E-state index contributed by atoms with van der Waals surface area (Å²) < 4.78 is 39.0. The van der Waals surface area contributed by atoms with Crippen LogP contribution in [0.3, 0.4) is 0 Å². The van der Waals surface area contributed by atoms with Crippen LogP contribution in [0.1, 0.15) is 0 Å². The van der Waals surface area contributed by atoms with Crippen LogP contribution in [-0.4, -0.2) is 7.25 Å². The highest BCUT2D eigenvalue weighted by molar-refractivity contribution is 6.50. The average molecular weight is 315 g/mol. The van der Waals surface area contributed by atoms with Gasteiger partial charge in [-0.25, -0.2) is 0 Å². The first kappa shape index (κ1) is 15.3. The third-order valence-electron chi connectivity index (χ3n) is 3.65. The van der Waals surface area contributed by atoms with Crippen molar-refractivity contribution in [2.75, 3.05) is 0 Å². The molecule has 0 aliphatic heterocycles. The van der Waals surface area contributed by atoms with E-state index >= 15 is 0 Å². The molecule has 0 saturated carbocycles. The maximum atomic E-state index is 9.75. The van der Waals surface area contributed by atoms with Gasteiger partial charge in [0.05, 0.1) is 0 Å². The van der Waals surface area contributed by atoms with Crippen LogP contribution in [0, 0.1) is 0 Å². The van der Waals surface area contributed by atoms with E-state index in [-0.39, 0.29) is 0 Å². The molecule has 0 atom stereocenters. The van der Waals surface area contributed by atoms with Crippen LogP contribution in [0.15, 0.2) is 72.8 Å². The van der Waals surface area contributed by atoms with Crippen LogP contribution in [-0.2, 0) is 0 Å². The van der Waals surface area contributed by atoms with Gasteiger partial charge in [0.1, 0.15) is 0 Å². The highest BCUT2D eigenvalue weighted by Gasteiger charge is 2.20. The molecule has 0 aliphatic rings. The van der Waals surface area contributed by atoms with E-state index in [1.54, 1.807) is 0 Å². The molecule has 116 valence electrons. The first-order valence-electron chi connectivity index (χ1n) is 7.10.